The first kappa shape index (κ1) is 25.8. The van der Waals surface area contributed by atoms with Crippen LogP contribution in [0.4, 0.5) is 5.69 Å². The molecular weight excluding hydrogens is 448 g/mol. The van der Waals surface area contributed by atoms with Crippen LogP contribution in [0.5, 0.6) is 5.75 Å². The summed E-state index contributed by atoms with van der Waals surface area (Å²) < 4.78 is 10.4. The molecule has 2 rings (SSSR count). The summed E-state index contributed by atoms with van der Waals surface area (Å²) in [5, 5.41) is 9.25. The van der Waals surface area contributed by atoms with Gasteiger partial charge in [0.25, 0.3) is 5.91 Å². The maximum absolute atomic E-state index is 12.2. The third-order valence-electron chi connectivity index (χ3n) is 4.37. The largest absolute Gasteiger partial charge is 0.482 e. The molecule has 3 amide bonds. The second-order valence-electron chi connectivity index (χ2n) is 7.15. The predicted molar refractivity (Wildman–Crippen MR) is 127 cm³/mol. The molecule has 2 aromatic rings. The van der Waals surface area contributed by atoms with Crippen molar-refractivity contribution in [1.29, 1.82) is 0 Å². The van der Waals surface area contributed by atoms with Crippen molar-refractivity contribution >= 4 is 41.2 Å². The number of methoxy groups -OCH3 is 1. The Hall–Kier alpha value is -3.43. The quantitative estimate of drug-likeness (QED) is 0.212. The number of carbonyl (C=O) groups is 3. The third kappa shape index (κ3) is 8.91. The van der Waals surface area contributed by atoms with Gasteiger partial charge in [0.2, 0.25) is 0 Å². The molecular formula is C23H27ClN4O5. The van der Waals surface area contributed by atoms with E-state index in [1.54, 1.807) is 25.3 Å². The molecule has 0 fully saturated rings. The van der Waals surface area contributed by atoms with Crippen molar-refractivity contribution < 1.29 is 23.9 Å². The van der Waals surface area contributed by atoms with Crippen molar-refractivity contribution in [2.45, 2.75) is 20.3 Å². The maximum atomic E-state index is 12.2. The number of halogens is 1. The number of benzene rings is 2. The van der Waals surface area contributed by atoms with Gasteiger partial charge in [-0.05, 0) is 55.7 Å². The summed E-state index contributed by atoms with van der Waals surface area (Å²) in [6, 6.07) is 10.5. The van der Waals surface area contributed by atoms with Crippen LogP contribution in [0.2, 0.25) is 5.02 Å². The van der Waals surface area contributed by atoms with Crippen LogP contribution in [0.25, 0.3) is 0 Å². The van der Waals surface area contributed by atoms with E-state index in [4.69, 9.17) is 21.1 Å². The monoisotopic (exact) mass is 474 g/mol. The van der Waals surface area contributed by atoms with E-state index < -0.39 is 11.8 Å². The van der Waals surface area contributed by atoms with E-state index in [2.05, 4.69) is 21.2 Å². The van der Waals surface area contributed by atoms with Crippen LogP contribution in [0.15, 0.2) is 41.5 Å². The highest BCUT2D eigenvalue weighted by molar-refractivity contribution is 6.35. The first-order valence-corrected chi connectivity index (χ1v) is 10.6. The zero-order valence-electron chi connectivity index (χ0n) is 18.7. The van der Waals surface area contributed by atoms with Gasteiger partial charge in [0, 0.05) is 25.9 Å². The second-order valence-corrected chi connectivity index (χ2v) is 7.55. The molecule has 0 aliphatic heterocycles. The van der Waals surface area contributed by atoms with Crippen LogP contribution in [0.1, 0.15) is 23.1 Å². The van der Waals surface area contributed by atoms with Crippen molar-refractivity contribution in [1.82, 2.24) is 10.7 Å². The average Bonchev–Trinajstić information content (AvgIpc) is 2.78. The number of hydrogen-bond donors (Lipinski definition) is 3. The number of anilines is 1. The molecule has 3 N–H and O–H groups in total. The lowest BCUT2D eigenvalue weighted by atomic mass is 10.1. The SMILES string of the molecule is COCCCNC(=O)C(=O)N/N=C\c1ccc(OCC(=O)Nc2ccc(C)cc2C)c(Cl)c1. The molecule has 10 heteroatoms. The maximum Gasteiger partial charge on any atom is 0.329 e. The predicted octanol–water partition coefficient (Wildman–Crippen LogP) is 2.58. The molecule has 0 heterocycles. The first-order valence-electron chi connectivity index (χ1n) is 10.2. The minimum absolute atomic E-state index is 0.212. The van der Waals surface area contributed by atoms with Gasteiger partial charge in [-0.3, -0.25) is 14.4 Å². The molecule has 0 saturated heterocycles. The highest BCUT2D eigenvalue weighted by atomic mass is 35.5. The highest BCUT2D eigenvalue weighted by Crippen LogP contribution is 2.25. The summed E-state index contributed by atoms with van der Waals surface area (Å²) in [4.78, 5) is 35.5. The van der Waals surface area contributed by atoms with E-state index in [-0.39, 0.29) is 17.5 Å². The van der Waals surface area contributed by atoms with Crippen molar-refractivity contribution in [2.24, 2.45) is 5.10 Å². The zero-order chi connectivity index (χ0) is 24.2. The number of nitrogens with one attached hydrogen (secondary N) is 3. The molecule has 0 saturated carbocycles. The minimum atomic E-state index is -0.885. The lowest BCUT2D eigenvalue weighted by molar-refractivity contribution is -0.139. The van der Waals surface area contributed by atoms with Gasteiger partial charge in [0.15, 0.2) is 6.61 Å². The number of carbonyl (C=O) groups excluding carboxylic acids is 3. The number of hydrogen-bond acceptors (Lipinski definition) is 6. The number of amides is 3. The molecule has 0 aliphatic carbocycles. The summed E-state index contributed by atoms with van der Waals surface area (Å²) in [5.74, 6) is -1.66. The van der Waals surface area contributed by atoms with Gasteiger partial charge in [-0.25, -0.2) is 5.43 Å². The van der Waals surface area contributed by atoms with Gasteiger partial charge >= 0.3 is 11.8 Å². The summed E-state index contributed by atoms with van der Waals surface area (Å²) in [6.07, 6.45) is 1.93. The molecule has 0 aromatic heterocycles. The van der Waals surface area contributed by atoms with Gasteiger partial charge in [0.05, 0.1) is 11.2 Å². The Bertz CT molecular complexity index is 1030. The number of ether oxygens (including phenoxy) is 2. The lowest BCUT2D eigenvalue weighted by Crippen LogP contribution is -2.38. The first-order chi connectivity index (χ1) is 15.8. The van der Waals surface area contributed by atoms with E-state index in [0.29, 0.717) is 30.9 Å². The van der Waals surface area contributed by atoms with Crippen molar-refractivity contribution in [3.05, 3.63) is 58.1 Å². The summed E-state index contributed by atoms with van der Waals surface area (Å²) in [5.41, 5.74) is 5.49. The molecule has 0 atom stereocenters. The third-order valence-corrected chi connectivity index (χ3v) is 4.66. The Morgan fingerprint density at radius 2 is 1.88 bits per heavy atom. The normalized spacial score (nSPS) is 10.7. The van der Waals surface area contributed by atoms with Crippen LogP contribution < -0.4 is 20.8 Å². The molecule has 176 valence electrons. The van der Waals surface area contributed by atoms with E-state index in [1.807, 2.05) is 32.0 Å². The summed E-state index contributed by atoms with van der Waals surface area (Å²) in [7, 11) is 1.55. The van der Waals surface area contributed by atoms with Crippen LogP contribution in [0.3, 0.4) is 0 Å². The topological polar surface area (TPSA) is 118 Å². The summed E-state index contributed by atoms with van der Waals surface area (Å²) >= 11 is 6.21. The molecule has 33 heavy (non-hydrogen) atoms. The van der Waals surface area contributed by atoms with Gasteiger partial charge in [0.1, 0.15) is 5.75 Å². The van der Waals surface area contributed by atoms with Crippen LogP contribution in [-0.4, -0.2) is 50.8 Å². The number of hydrazone groups is 1. The van der Waals surface area contributed by atoms with E-state index in [1.165, 1.54) is 6.21 Å². The Morgan fingerprint density at radius 3 is 2.58 bits per heavy atom. The fourth-order valence-corrected chi connectivity index (χ4v) is 2.96. The molecule has 0 aliphatic rings. The Balaban J connectivity index is 1.82. The van der Waals surface area contributed by atoms with E-state index in [0.717, 1.165) is 16.8 Å². The van der Waals surface area contributed by atoms with Gasteiger partial charge in [-0.2, -0.15) is 5.10 Å². The average molecular weight is 475 g/mol. The van der Waals surface area contributed by atoms with Crippen LogP contribution >= 0.6 is 11.6 Å². The van der Waals surface area contributed by atoms with Gasteiger partial charge < -0.3 is 20.1 Å². The van der Waals surface area contributed by atoms with Crippen LogP contribution in [0, 0.1) is 13.8 Å². The summed E-state index contributed by atoms with van der Waals surface area (Å²) in [6.45, 7) is 4.49. The standard InChI is InChI=1S/C23H27ClN4O5/c1-15-5-7-19(16(2)11-15)27-21(29)14-33-20-8-6-17(12-18(20)24)13-26-28-23(31)22(30)25-9-4-10-32-3/h5-8,11-13H,4,9-10,14H2,1-3H3,(H,25,30)(H,27,29)(H,28,31)/b26-13-. The molecule has 0 unspecified atom stereocenters. The molecule has 2 aromatic carbocycles. The van der Waals surface area contributed by atoms with Crippen LogP contribution in [-0.2, 0) is 19.1 Å². The second kappa shape index (κ2) is 13.2. The molecule has 9 nitrogen and oxygen atoms in total. The fourth-order valence-electron chi connectivity index (χ4n) is 2.71. The Morgan fingerprint density at radius 1 is 1.09 bits per heavy atom. The zero-order valence-corrected chi connectivity index (χ0v) is 19.5. The highest BCUT2D eigenvalue weighted by Gasteiger charge is 2.12. The Kier molecular flexibility index (Phi) is 10.3. The van der Waals surface area contributed by atoms with Gasteiger partial charge in [-0.1, -0.05) is 29.3 Å². The van der Waals surface area contributed by atoms with E-state index in [9.17, 15) is 14.4 Å². The lowest BCUT2D eigenvalue weighted by Gasteiger charge is -2.11. The fraction of sp³-hybridized carbons (Fsp3) is 0.304. The van der Waals surface area contributed by atoms with Crippen molar-refractivity contribution in [3.63, 3.8) is 0 Å². The molecule has 0 bridgehead atoms. The van der Waals surface area contributed by atoms with Crippen molar-refractivity contribution in [3.8, 4) is 5.75 Å². The molecule has 0 spiro atoms. The number of aryl methyl sites for hydroxylation is 2. The number of rotatable bonds is 10. The minimum Gasteiger partial charge on any atom is -0.482 e. The van der Waals surface area contributed by atoms with E-state index >= 15 is 0 Å². The Labute approximate surface area is 197 Å². The van der Waals surface area contributed by atoms with Crippen molar-refractivity contribution in [2.75, 3.05) is 32.2 Å². The van der Waals surface area contributed by atoms with Gasteiger partial charge in [-0.15, -0.1) is 0 Å². The molecule has 0 radical (unpaired) electrons. The smallest absolute Gasteiger partial charge is 0.329 e. The number of nitrogens with zero attached hydrogens (tertiary/aromatic N) is 1.